The molecule has 0 amide bonds. The first-order chi connectivity index (χ1) is 23.8. The summed E-state index contributed by atoms with van der Waals surface area (Å²) in [6.45, 7) is 0. The minimum absolute atomic E-state index is 1.13. The molecule has 2 nitrogen and oxygen atoms in total. The molecule has 0 aromatic heterocycles. The van der Waals surface area contributed by atoms with Crippen molar-refractivity contribution >= 4 is 58.4 Å². The highest BCUT2D eigenvalue weighted by atomic mass is 15.1. The summed E-state index contributed by atoms with van der Waals surface area (Å²) in [7, 11) is 0. The fourth-order valence-corrected chi connectivity index (χ4v) is 5.77. The van der Waals surface area contributed by atoms with Crippen molar-refractivity contribution in [2.45, 2.75) is 0 Å². The minimum atomic E-state index is 1.13. The molecule has 0 saturated heterocycles. The molecular weight excluding hydrogens is 581 g/mol. The third-order valence-electron chi connectivity index (χ3n) is 8.23. The summed E-state index contributed by atoms with van der Waals surface area (Å²) < 4.78 is 0. The molecule has 0 saturated carbocycles. The topological polar surface area (TPSA) is 6.48 Å². The average Bonchev–Trinajstić information content (AvgIpc) is 3.17. The highest BCUT2D eigenvalue weighted by molar-refractivity contribution is 5.80. The fourth-order valence-electron chi connectivity index (χ4n) is 5.77. The van der Waals surface area contributed by atoms with Gasteiger partial charge in [0.05, 0.1) is 0 Å². The van der Waals surface area contributed by atoms with E-state index in [-0.39, 0.29) is 0 Å². The zero-order valence-corrected chi connectivity index (χ0v) is 26.7. The summed E-state index contributed by atoms with van der Waals surface area (Å²) in [5, 5.41) is 0. The van der Waals surface area contributed by atoms with E-state index in [0.29, 0.717) is 0 Å². The lowest BCUT2D eigenvalue weighted by atomic mass is 10.1. The summed E-state index contributed by atoms with van der Waals surface area (Å²) >= 11 is 0. The van der Waals surface area contributed by atoms with E-state index in [0.717, 1.165) is 56.4 Å². The predicted molar refractivity (Wildman–Crippen MR) is 207 cm³/mol. The number of hydrogen-bond donors (Lipinski definition) is 0. The van der Waals surface area contributed by atoms with Gasteiger partial charge in [-0.05, 0) is 95.1 Å². The molecule has 48 heavy (non-hydrogen) atoms. The molecule has 0 atom stereocenters. The number of rotatable bonds is 10. The van der Waals surface area contributed by atoms with Crippen LogP contribution in [0.2, 0.25) is 0 Å². The molecule has 7 aromatic rings. The van der Waals surface area contributed by atoms with Crippen LogP contribution < -0.4 is 9.80 Å². The molecule has 0 bridgehead atoms. The lowest BCUT2D eigenvalue weighted by Gasteiger charge is -2.25. The van der Waals surface area contributed by atoms with Gasteiger partial charge in [-0.25, -0.2) is 0 Å². The first-order valence-corrected chi connectivity index (χ1v) is 16.3. The van der Waals surface area contributed by atoms with Crippen LogP contribution in [0.4, 0.5) is 34.1 Å². The van der Waals surface area contributed by atoms with E-state index in [1.165, 1.54) is 0 Å². The highest BCUT2D eigenvalue weighted by Gasteiger charge is 2.12. The van der Waals surface area contributed by atoms with Crippen LogP contribution in [0, 0.1) is 0 Å². The van der Waals surface area contributed by atoms with Gasteiger partial charge in [-0.3, -0.25) is 0 Å². The number of hydrogen-bond acceptors (Lipinski definition) is 2. The second-order valence-corrected chi connectivity index (χ2v) is 11.5. The normalized spacial score (nSPS) is 11.2. The Labute approximate surface area is 283 Å². The van der Waals surface area contributed by atoms with E-state index >= 15 is 0 Å². The average molecular weight is 617 g/mol. The lowest BCUT2D eigenvalue weighted by Crippen LogP contribution is -2.09. The smallest absolute Gasteiger partial charge is 0.0462 e. The van der Waals surface area contributed by atoms with Gasteiger partial charge >= 0.3 is 0 Å². The molecule has 0 fully saturated rings. The van der Waals surface area contributed by atoms with Gasteiger partial charge in [0.15, 0.2) is 0 Å². The lowest BCUT2D eigenvalue weighted by molar-refractivity contribution is 1.28. The number of benzene rings is 7. The van der Waals surface area contributed by atoms with E-state index in [9.17, 15) is 0 Å². The molecule has 0 aliphatic heterocycles. The van der Waals surface area contributed by atoms with Gasteiger partial charge < -0.3 is 9.80 Å². The van der Waals surface area contributed by atoms with Crippen molar-refractivity contribution < 1.29 is 0 Å². The molecule has 7 aromatic carbocycles. The Bertz CT molecular complexity index is 1830. The molecule has 0 aliphatic carbocycles. The van der Waals surface area contributed by atoms with E-state index in [1.54, 1.807) is 0 Å². The second-order valence-electron chi connectivity index (χ2n) is 11.5. The summed E-state index contributed by atoms with van der Waals surface area (Å²) in [5.74, 6) is 0. The number of anilines is 6. The quantitative estimate of drug-likeness (QED) is 0.141. The fraction of sp³-hybridized carbons (Fsp3) is 0. The van der Waals surface area contributed by atoms with Gasteiger partial charge in [-0.1, -0.05) is 146 Å². The van der Waals surface area contributed by atoms with Crippen LogP contribution in [0.15, 0.2) is 194 Å². The third-order valence-corrected chi connectivity index (χ3v) is 8.23. The minimum Gasteiger partial charge on any atom is -0.311 e. The van der Waals surface area contributed by atoms with E-state index in [4.69, 9.17) is 0 Å². The maximum atomic E-state index is 2.28. The molecule has 0 unspecified atom stereocenters. The zero-order chi connectivity index (χ0) is 32.4. The van der Waals surface area contributed by atoms with Crippen molar-refractivity contribution in [1.82, 2.24) is 0 Å². The van der Waals surface area contributed by atoms with Crippen LogP contribution in [0.5, 0.6) is 0 Å². The molecule has 0 aliphatic rings. The van der Waals surface area contributed by atoms with E-state index in [2.05, 4.69) is 228 Å². The molecule has 0 spiro atoms. The van der Waals surface area contributed by atoms with Crippen molar-refractivity contribution in [2.75, 3.05) is 9.80 Å². The Kier molecular flexibility index (Phi) is 9.34. The number of para-hydroxylation sites is 4. The van der Waals surface area contributed by atoms with Crippen LogP contribution in [-0.2, 0) is 0 Å². The SMILES string of the molecule is C(=C\c1ccc(N(c2ccccc2)c2ccccc2)cc1)/c1ccc(/C=C/c2ccc(N(c3ccccc3)c3ccccc3)cc2)cc1. The molecule has 7 rings (SSSR count). The highest BCUT2D eigenvalue weighted by Crippen LogP contribution is 2.35. The zero-order valence-electron chi connectivity index (χ0n) is 26.7. The Balaban J connectivity index is 1.01. The van der Waals surface area contributed by atoms with Gasteiger partial charge in [-0.2, -0.15) is 0 Å². The van der Waals surface area contributed by atoms with Gasteiger partial charge in [-0.15, -0.1) is 0 Å². The molecule has 0 heterocycles. The van der Waals surface area contributed by atoms with Gasteiger partial charge in [0.2, 0.25) is 0 Å². The van der Waals surface area contributed by atoms with Crippen molar-refractivity contribution in [2.24, 2.45) is 0 Å². The van der Waals surface area contributed by atoms with Crippen molar-refractivity contribution in [3.63, 3.8) is 0 Å². The van der Waals surface area contributed by atoms with Crippen molar-refractivity contribution in [1.29, 1.82) is 0 Å². The molecule has 2 heteroatoms. The first kappa shape index (κ1) is 30.3. The maximum absolute atomic E-state index is 2.28. The van der Waals surface area contributed by atoms with Gasteiger partial charge in [0.25, 0.3) is 0 Å². The summed E-state index contributed by atoms with van der Waals surface area (Å²) in [6, 6.07) is 68.0. The van der Waals surface area contributed by atoms with Crippen LogP contribution in [-0.4, -0.2) is 0 Å². The predicted octanol–water partition coefficient (Wildman–Crippen LogP) is 13.0. The standard InChI is InChI=1S/C46H36N2/c1-5-13-41(14-6-1)47(42-15-7-2-8-16-42)45-33-29-39(30-34-45)27-25-37-21-23-38(24-22-37)26-28-40-31-35-46(36-32-40)48(43-17-9-3-10-18-43)44-19-11-4-12-20-44/h1-36H/b27-25+,28-26+. The largest absolute Gasteiger partial charge is 0.311 e. The Morgan fingerprint density at radius 3 is 0.625 bits per heavy atom. The second kappa shape index (κ2) is 14.8. The Morgan fingerprint density at radius 1 is 0.208 bits per heavy atom. The van der Waals surface area contributed by atoms with Crippen LogP contribution in [0.25, 0.3) is 24.3 Å². The van der Waals surface area contributed by atoms with E-state index < -0.39 is 0 Å². The molecule has 230 valence electrons. The van der Waals surface area contributed by atoms with Gasteiger partial charge in [0, 0.05) is 34.1 Å². The Morgan fingerprint density at radius 2 is 0.396 bits per heavy atom. The molecular formula is C46H36N2. The first-order valence-electron chi connectivity index (χ1n) is 16.3. The summed E-state index contributed by atoms with van der Waals surface area (Å²) in [6.07, 6.45) is 8.66. The van der Waals surface area contributed by atoms with Crippen molar-refractivity contribution in [3.8, 4) is 0 Å². The monoisotopic (exact) mass is 616 g/mol. The summed E-state index contributed by atoms with van der Waals surface area (Å²) in [4.78, 5) is 4.55. The van der Waals surface area contributed by atoms with Gasteiger partial charge in [0.1, 0.15) is 0 Å². The molecule has 0 N–H and O–H groups in total. The number of nitrogens with zero attached hydrogens (tertiary/aromatic N) is 2. The van der Waals surface area contributed by atoms with Crippen LogP contribution >= 0.6 is 0 Å². The van der Waals surface area contributed by atoms with Crippen LogP contribution in [0.1, 0.15) is 22.3 Å². The Hall–Kier alpha value is -6.38. The summed E-state index contributed by atoms with van der Waals surface area (Å²) in [5.41, 5.74) is 11.4. The molecule has 0 radical (unpaired) electrons. The van der Waals surface area contributed by atoms with E-state index in [1.807, 2.05) is 0 Å². The van der Waals surface area contributed by atoms with Crippen molar-refractivity contribution in [3.05, 3.63) is 216 Å². The maximum Gasteiger partial charge on any atom is 0.0462 e. The third kappa shape index (κ3) is 7.36. The van der Waals surface area contributed by atoms with Crippen LogP contribution in [0.3, 0.4) is 0 Å².